The number of aromatic nitrogens is 2. The molecule has 1 aliphatic heterocycles. The summed E-state index contributed by atoms with van der Waals surface area (Å²) in [4.78, 5) is 35.4. The number of nitrogens with one attached hydrogen (secondary N) is 2. The van der Waals surface area contributed by atoms with Crippen LogP contribution in [0.15, 0.2) is 29.1 Å². The van der Waals surface area contributed by atoms with Gasteiger partial charge in [-0.3, -0.25) is 14.5 Å². The second kappa shape index (κ2) is 9.67. The zero-order valence-electron chi connectivity index (χ0n) is 17.3. The van der Waals surface area contributed by atoms with Crippen molar-refractivity contribution in [3.63, 3.8) is 0 Å². The quantitative estimate of drug-likeness (QED) is 0.739. The van der Waals surface area contributed by atoms with Crippen LogP contribution < -0.4 is 15.6 Å². The molecule has 1 amide bonds. The third kappa shape index (κ3) is 5.88. The number of carbonyl (C=O) groups is 1. The molecule has 2 heterocycles. The van der Waals surface area contributed by atoms with Crippen LogP contribution in [-0.4, -0.2) is 65.5 Å². The molecule has 0 atom stereocenters. The zero-order chi connectivity index (χ0) is 20.8. The molecule has 0 radical (unpaired) electrons. The van der Waals surface area contributed by atoms with Gasteiger partial charge in [0.25, 0.3) is 5.56 Å². The topological polar surface area (TPSA) is 90.6 Å². The fourth-order valence-electron chi connectivity index (χ4n) is 3.29. The monoisotopic (exact) mass is 399 g/mol. The Morgan fingerprint density at radius 2 is 2.00 bits per heavy atom. The van der Waals surface area contributed by atoms with Gasteiger partial charge in [-0.2, -0.15) is 0 Å². The number of aromatic amines is 1. The first-order valence-corrected chi connectivity index (χ1v) is 10.0. The van der Waals surface area contributed by atoms with E-state index in [1.165, 1.54) is 13.0 Å². The van der Waals surface area contributed by atoms with Crippen molar-refractivity contribution in [2.45, 2.75) is 26.8 Å². The maximum Gasteiger partial charge on any atom is 0.253 e. The lowest BCUT2D eigenvalue weighted by atomic mass is 10.1. The van der Waals surface area contributed by atoms with Crippen LogP contribution in [0.5, 0.6) is 5.75 Å². The lowest BCUT2D eigenvalue weighted by Gasteiger charge is -2.32. The van der Waals surface area contributed by atoms with Crippen LogP contribution in [0.4, 0.5) is 5.82 Å². The van der Waals surface area contributed by atoms with Gasteiger partial charge in [-0.05, 0) is 31.2 Å². The number of H-pyrrole nitrogens is 1. The number of anilines is 1. The van der Waals surface area contributed by atoms with Crippen molar-refractivity contribution >= 4 is 11.7 Å². The van der Waals surface area contributed by atoms with Crippen LogP contribution >= 0.6 is 0 Å². The molecular formula is C21H29N5O3. The van der Waals surface area contributed by atoms with E-state index in [-0.39, 0.29) is 17.3 Å². The zero-order valence-corrected chi connectivity index (χ0v) is 17.3. The molecule has 156 valence electrons. The van der Waals surface area contributed by atoms with Crippen molar-refractivity contribution in [3.05, 3.63) is 40.2 Å². The highest BCUT2D eigenvalue weighted by Gasteiger charge is 2.16. The van der Waals surface area contributed by atoms with E-state index in [9.17, 15) is 9.59 Å². The summed E-state index contributed by atoms with van der Waals surface area (Å²) in [6, 6.07) is 7.27. The SMILES string of the molecule is CCCOc1ccc(CN2CCN(C)CC2)cc1-c1nc(NC(C)=O)cc(=O)[nH]1. The van der Waals surface area contributed by atoms with Crippen LogP contribution in [0.1, 0.15) is 25.8 Å². The summed E-state index contributed by atoms with van der Waals surface area (Å²) < 4.78 is 5.89. The molecule has 8 nitrogen and oxygen atoms in total. The van der Waals surface area contributed by atoms with Crippen molar-refractivity contribution in [1.82, 2.24) is 19.8 Å². The first kappa shape index (κ1) is 21.0. The van der Waals surface area contributed by atoms with Crippen LogP contribution in [0.2, 0.25) is 0 Å². The van der Waals surface area contributed by atoms with Crippen molar-refractivity contribution in [2.75, 3.05) is 45.2 Å². The highest BCUT2D eigenvalue weighted by molar-refractivity contribution is 5.87. The normalized spacial score (nSPS) is 15.3. The van der Waals surface area contributed by atoms with Crippen LogP contribution in [0.25, 0.3) is 11.4 Å². The Morgan fingerprint density at radius 1 is 1.24 bits per heavy atom. The van der Waals surface area contributed by atoms with E-state index >= 15 is 0 Å². The Morgan fingerprint density at radius 3 is 2.69 bits per heavy atom. The third-order valence-electron chi connectivity index (χ3n) is 4.81. The third-order valence-corrected chi connectivity index (χ3v) is 4.81. The van der Waals surface area contributed by atoms with E-state index in [4.69, 9.17) is 4.74 Å². The van der Waals surface area contributed by atoms with Gasteiger partial charge in [0.05, 0.1) is 12.2 Å². The Hall–Kier alpha value is -2.71. The number of carbonyl (C=O) groups excluding carboxylic acids is 1. The second-order valence-corrected chi connectivity index (χ2v) is 7.42. The van der Waals surface area contributed by atoms with Crippen molar-refractivity contribution in [3.8, 4) is 17.1 Å². The smallest absolute Gasteiger partial charge is 0.253 e. The van der Waals surface area contributed by atoms with Gasteiger partial charge in [-0.1, -0.05) is 13.0 Å². The van der Waals surface area contributed by atoms with Gasteiger partial charge in [0.2, 0.25) is 5.91 Å². The highest BCUT2D eigenvalue weighted by Crippen LogP contribution is 2.29. The fraction of sp³-hybridized carbons (Fsp3) is 0.476. The molecular weight excluding hydrogens is 370 g/mol. The number of hydrogen-bond acceptors (Lipinski definition) is 6. The molecule has 0 spiro atoms. The fourth-order valence-corrected chi connectivity index (χ4v) is 3.29. The minimum absolute atomic E-state index is 0.224. The van der Waals surface area contributed by atoms with E-state index in [0.29, 0.717) is 18.2 Å². The minimum atomic E-state index is -0.329. The number of nitrogens with zero attached hydrogens (tertiary/aromatic N) is 3. The molecule has 29 heavy (non-hydrogen) atoms. The molecule has 3 rings (SSSR count). The van der Waals surface area contributed by atoms with Crippen molar-refractivity contribution in [2.24, 2.45) is 0 Å². The summed E-state index contributed by atoms with van der Waals surface area (Å²) in [5.74, 6) is 0.993. The molecule has 0 bridgehead atoms. The lowest BCUT2D eigenvalue weighted by Crippen LogP contribution is -2.43. The number of ether oxygens (including phenoxy) is 1. The lowest BCUT2D eigenvalue weighted by molar-refractivity contribution is -0.114. The van der Waals surface area contributed by atoms with Gasteiger partial charge >= 0.3 is 0 Å². The molecule has 1 aromatic carbocycles. The summed E-state index contributed by atoms with van der Waals surface area (Å²) in [6.45, 7) is 8.97. The van der Waals surface area contributed by atoms with Crippen molar-refractivity contribution < 1.29 is 9.53 Å². The Labute approximate surface area is 170 Å². The number of hydrogen-bond donors (Lipinski definition) is 2. The van der Waals surface area contributed by atoms with Crippen LogP contribution in [0.3, 0.4) is 0 Å². The Balaban J connectivity index is 1.93. The van der Waals surface area contributed by atoms with Gasteiger partial charge < -0.3 is 19.9 Å². The van der Waals surface area contributed by atoms with E-state index in [1.807, 2.05) is 19.1 Å². The predicted molar refractivity (Wildman–Crippen MR) is 113 cm³/mol. The number of likely N-dealkylation sites (N-methyl/N-ethyl adjacent to an activating group) is 1. The van der Waals surface area contributed by atoms with E-state index in [1.54, 1.807) is 0 Å². The number of rotatable bonds is 7. The van der Waals surface area contributed by atoms with Gasteiger partial charge in [0.1, 0.15) is 17.4 Å². The number of benzene rings is 1. The Kier molecular flexibility index (Phi) is 7.00. The average molecular weight is 399 g/mol. The van der Waals surface area contributed by atoms with E-state index in [0.717, 1.165) is 50.3 Å². The molecule has 1 aromatic heterocycles. The molecule has 1 fully saturated rings. The standard InChI is InChI=1S/C21H29N5O3/c1-4-11-29-18-6-5-16(14-26-9-7-25(3)8-10-26)12-17(18)21-23-19(22-15(2)27)13-20(28)24-21/h5-6,12-13H,4,7-11,14H2,1-3H3,(H2,22,23,24,27,28). The molecule has 0 aliphatic carbocycles. The minimum Gasteiger partial charge on any atom is -0.493 e. The van der Waals surface area contributed by atoms with E-state index < -0.39 is 0 Å². The van der Waals surface area contributed by atoms with Gasteiger partial charge in [0, 0.05) is 45.7 Å². The molecule has 1 aliphatic rings. The highest BCUT2D eigenvalue weighted by atomic mass is 16.5. The number of piperazine rings is 1. The number of amides is 1. The molecule has 0 unspecified atom stereocenters. The first-order chi connectivity index (χ1) is 13.9. The van der Waals surface area contributed by atoms with Crippen LogP contribution in [-0.2, 0) is 11.3 Å². The molecule has 0 saturated carbocycles. The van der Waals surface area contributed by atoms with Gasteiger partial charge in [0.15, 0.2) is 0 Å². The summed E-state index contributed by atoms with van der Waals surface area (Å²) in [7, 11) is 2.14. The van der Waals surface area contributed by atoms with Gasteiger partial charge in [-0.25, -0.2) is 4.98 Å². The maximum absolute atomic E-state index is 12.1. The average Bonchev–Trinajstić information content (AvgIpc) is 2.67. The summed E-state index contributed by atoms with van der Waals surface area (Å²) >= 11 is 0. The summed E-state index contributed by atoms with van der Waals surface area (Å²) in [5.41, 5.74) is 1.51. The van der Waals surface area contributed by atoms with Crippen molar-refractivity contribution in [1.29, 1.82) is 0 Å². The largest absolute Gasteiger partial charge is 0.493 e. The molecule has 8 heteroatoms. The van der Waals surface area contributed by atoms with Gasteiger partial charge in [-0.15, -0.1) is 0 Å². The molecule has 1 saturated heterocycles. The Bertz CT molecular complexity index is 903. The second-order valence-electron chi connectivity index (χ2n) is 7.42. The van der Waals surface area contributed by atoms with Crippen LogP contribution in [0, 0.1) is 0 Å². The molecule has 2 N–H and O–H groups in total. The summed E-state index contributed by atoms with van der Waals surface area (Å²) in [6.07, 6.45) is 0.873. The maximum atomic E-state index is 12.1. The first-order valence-electron chi connectivity index (χ1n) is 10.0. The predicted octanol–water partition coefficient (Wildman–Crippen LogP) is 1.93. The summed E-state index contributed by atoms with van der Waals surface area (Å²) in [5, 5.41) is 2.58. The van der Waals surface area contributed by atoms with E-state index in [2.05, 4.69) is 38.2 Å². The molecule has 2 aromatic rings.